The van der Waals surface area contributed by atoms with E-state index < -0.39 is 29.2 Å². The number of rotatable bonds is 5. The smallest absolute Gasteiger partial charge is 0.185 e. The van der Waals surface area contributed by atoms with Gasteiger partial charge < -0.3 is 9.64 Å². The van der Waals surface area contributed by atoms with E-state index in [4.69, 9.17) is 16.3 Å². The van der Waals surface area contributed by atoms with Gasteiger partial charge in [-0.25, -0.2) is 4.39 Å². The maximum absolute atomic E-state index is 14.7. The van der Waals surface area contributed by atoms with Gasteiger partial charge in [-0.2, -0.15) is 0 Å². The molecule has 7 rings (SSSR count). The van der Waals surface area contributed by atoms with Crippen molar-refractivity contribution in [1.82, 2.24) is 0 Å². The standard InChI is InChI=1S/C35H25ClFNO4/c1-2-42-28-10-6-5-9-26(28)30-31(32(39)20-11-14-22(36)15-12-20)38-27-17-16-23(37)19-21(27)13-18-29(38)35(30)33(40)24-7-3-4-8-25(24)34(35)41/h3-19,29-31H,2H2,1H3/t29-,30-,31-/m1/s1. The molecule has 3 aliphatic rings. The zero-order valence-electron chi connectivity index (χ0n) is 22.6. The molecule has 0 radical (unpaired) electrons. The van der Waals surface area contributed by atoms with Gasteiger partial charge in [0.05, 0.1) is 12.6 Å². The van der Waals surface area contributed by atoms with Gasteiger partial charge in [-0.05, 0) is 55.5 Å². The first-order valence-electron chi connectivity index (χ1n) is 13.8. The maximum Gasteiger partial charge on any atom is 0.185 e. The highest BCUT2D eigenvalue weighted by atomic mass is 35.5. The number of anilines is 1. The topological polar surface area (TPSA) is 63.7 Å². The molecular weight excluding hydrogens is 553 g/mol. The van der Waals surface area contributed by atoms with Crippen LogP contribution < -0.4 is 9.64 Å². The number of carbonyl (C=O) groups excluding carboxylic acids is 3. The lowest BCUT2D eigenvalue weighted by Gasteiger charge is -2.37. The van der Waals surface area contributed by atoms with Crippen LogP contribution in [0.1, 0.15) is 55.0 Å². The highest BCUT2D eigenvalue weighted by Crippen LogP contribution is 2.62. The molecule has 4 aromatic rings. The molecule has 4 aromatic carbocycles. The lowest BCUT2D eigenvalue weighted by molar-refractivity contribution is 0.0664. The van der Waals surface area contributed by atoms with Crippen molar-refractivity contribution in [3.8, 4) is 5.75 Å². The third-order valence-corrected chi connectivity index (χ3v) is 8.97. The summed E-state index contributed by atoms with van der Waals surface area (Å²) in [4.78, 5) is 46.1. The van der Waals surface area contributed by atoms with Gasteiger partial charge in [0.1, 0.15) is 23.0 Å². The molecule has 2 aliphatic heterocycles. The molecule has 1 saturated heterocycles. The number of nitrogens with zero attached hydrogens (tertiary/aromatic N) is 1. The normalized spacial score (nSPS) is 21.3. The summed E-state index contributed by atoms with van der Waals surface area (Å²) in [6.45, 7) is 2.21. The Morgan fingerprint density at radius 2 is 1.60 bits per heavy atom. The molecule has 0 amide bonds. The van der Waals surface area contributed by atoms with Crippen LogP contribution in [0.15, 0.2) is 97.1 Å². The predicted molar refractivity (Wildman–Crippen MR) is 159 cm³/mol. The average Bonchev–Trinajstić information content (AvgIpc) is 3.43. The van der Waals surface area contributed by atoms with Crippen LogP contribution in [0.4, 0.5) is 10.1 Å². The Labute approximate surface area is 247 Å². The first kappa shape index (κ1) is 26.4. The third-order valence-electron chi connectivity index (χ3n) is 8.72. The molecule has 7 heteroatoms. The minimum absolute atomic E-state index is 0.285. The van der Waals surface area contributed by atoms with Gasteiger partial charge in [-0.15, -0.1) is 0 Å². The summed E-state index contributed by atoms with van der Waals surface area (Å²) in [6, 6.07) is 23.2. The van der Waals surface area contributed by atoms with E-state index in [-0.39, 0.29) is 17.3 Å². The van der Waals surface area contributed by atoms with Crippen LogP contribution in [0.25, 0.3) is 6.08 Å². The summed E-state index contributed by atoms with van der Waals surface area (Å²) in [7, 11) is 0. The first-order chi connectivity index (χ1) is 20.4. The van der Waals surface area contributed by atoms with E-state index in [1.54, 1.807) is 72.8 Å². The monoisotopic (exact) mass is 577 g/mol. The molecular formula is C35H25ClFNO4. The Bertz CT molecular complexity index is 1780. The molecule has 1 spiro atoms. The molecule has 208 valence electrons. The summed E-state index contributed by atoms with van der Waals surface area (Å²) in [6.07, 6.45) is 3.51. The fraction of sp³-hybridized carbons (Fsp3) is 0.171. The summed E-state index contributed by atoms with van der Waals surface area (Å²) in [5.41, 5.74) is 1.10. The summed E-state index contributed by atoms with van der Waals surface area (Å²) < 4.78 is 20.5. The Balaban J connectivity index is 1.56. The lowest BCUT2D eigenvalue weighted by atomic mass is 9.64. The van der Waals surface area contributed by atoms with Gasteiger partial charge in [-0.1, -0.05) is 66.2 Å². The van der Waals surface area contributed by atoms with Crippen molar-refractivity contribution in [1.29, 1.82) is 0 Å². The molecule has 0 aromatic heterocycles. The second-order valence-corrected chi connectivity index (χ2v) is 11.2. The van der Waals surface area contributed by atoms with E-state index in [2.05, 4.69) is 0 Å². The number of hydrogen-bond acceptors (Lipinski definition) is 5. The summed E-state index contributed by atoms with van der Waals surface area (Å²) >= 11 is 6.16. The largest absolute Gasteiger partial charge is 0.494 e. The van der Waals surface area contributed by atoms with Crippen LogP contribution in [0, 0.1) is 11.2 Å². The highest BCUT2D eigenvalue weighted by Gasteiger charge is 2.71. The van der Waals surface area contributed by atoms with Gasteiger partial charge in [-0.3, -0.25) is 14.4 Å². The Morgan fingerprint density at radius 3 is 2.29 bits per heavy atom. The number of halogens is 2. The number of ether oxygens (including phenoxy) is 1. The fourth-order valence-electron chi connectivity index (χ4n) is 7.10. The SMILES string of the molecule is CCOc1ccccc1[C@@H]1[C@H](C(=O)c2ccc(Cl)cc2)N2c3ccc(F)cc3C=C[C@@H]2C12C(=O)c1ccccc1C2=O. The molecule has 2 heterocycles. The van der Waals surface area contributed by atoms with E-state index in [9.17, 15) is 18.8 Å². The van der Waals surface area contributed by atoms with E-state index in [0.717, 1.165) is 0 Å². The van der Waals surface area contributed by atoms with Crippen molar-refractivity contribution in [2.45, 2.75) is 24.9 Å². The summed E-state index contributed by atoms with van der Waals surface area (Å²) in [5, 5.41) is 0.476. The van der Waals surface area contributed by atoms with Crippen molar-refractivity contribution < 1.29 is 23.5 Å². The second kappa shape index (κ2) is 9.78. The Hall–Kier alpha value is -4.55. The fourth-order valence-corrected chi connectivity index (χ4v) is 7.23. The highest BCUT2D eigenvalue weighted by molar-refractivity contribution is 6.32. The van der Waals surface area contributed by atoms with Crippen molar-refractivity contribution in [3.05, 3.63) is 136 Å². The van der Waals surface area contributed by atoms with Crippen molar-refractivity contribution in [3.63, 3.8) is 0 Å². The van der Waals surface area contributed by atoms with Gasteiger partial charge in [0.2, 0.25) is 0 Å². The lowest BCUT2D eigenvalue weighted by Crippen LogP contribution is -2.48. The number of fused-ring (bicyclic) bond motifs is 5. The van der Waals surface area contributed by atoms with Crippen LogP contribution in [-0.2, 0) is 0 Å². The summed E-state index contributed by atoms with van der Waals surface area (Å²) in [5.74, 6) is -1.82. The van der Waals surface area contributed by atoms with E-state index in [1.807, 2.05) is 30.0 Å². The first-order valence-corrected chi connectivity index (χ1v) is 14.2. The maximum atomic E-state index is 14.7. The number of hydrogen-bond donors (Lipinski definition) is 0. The molecule has 42 heavy (non-hydrogen) atoms. The van der Waals surface area contributed by atoms with Crippen LogP contribution in [0.2, 0.25) is 5.02 Å². The quantitative estimate of drug-likeness (QED) is 0.185. The Morgan fingerprint density at radius 1 is 0.929 bits per heavy atom. The molecule has 0 N–H and O–H groups in total. The van der Waals surface area contributed by atoms with Gasteiger partial charge in [0.15, 0.2) is 17.3 Å². The van der Waals surface area contributed by atoms with E-state index in [0.29, 0.717) is 50.9 Å². The number of benzene rings is 4. The zero-order valence-corrected chi connectivity index (χ0v) is 23.3. The van der Waals surface area contributed by atoms with Crippen LogP contribution >= 0.6 is 11.6 Å². The number of carbonyl (C=O) groups is 3. The Kier molecular flexibility index (Phi) is 6.13. The van der Waals surface area contributed by atoms with Crippen LogP contribution in [0.5, 0.6) is 5.75 Å². The van der Waals surface area contributed by atoms with E-state index >= 15 is 0 Å². The van der Waals surface area contributed by atoms with Crippen molar-refractivity contribution in [2.75, 3.05) is 11.5 Å². The van der Waals surface area contributed by atoms with Gasteiger partial charge in [0, 0.05) is 44.4 Å². The molecule has 5 nitrogen and oxygen atoms in total. The van der Waals surface area contributed by atoms with E-state index in [1.165, 1.54) is 12.1 Å². The third kappa shape index (κ3) is 3.58. The number of ketones is 3. The number of Topliss-reactive ketones (excluding diaryl/α,β-unsaturated/α-hetero) is 3. The minimum atomic E-state index is -1.67. The molecule has 0 saturated carbocycles. The predicted octanol–water partition coefficient (Wildman–Crippen LogP) is 7.19. The van der Waals surface area contributed by atoms with Crippen molar-refractivity contribution in [2.24, 2.45) is 5.41 Å². The molecule has 0 bridgehead atoms. The number of para-hydroxylation sites is 1. The van der Waals surface area contributed by atoms with Gasteiger partial charge in [0.25, 0.3) is 0 Å². The molecule has 0 unspecified atom stereocenters. The minimum Gasteiger partial charge on any atom is -0.494 e. The molecule has 1 fully saturated rings. The van der Waals surface area contributed by atoms with Crippen LogP contribution in [-0.4, -0.2) is 36.0 Å². The zero-order chi connectivity index (χ0) is 29.2. The molecule has 3 atom stereocenters. The van der Waals surface area contributed by atoms with Crippen molar-refractivity contribution >= 4 is 40.7 Å². The second-order valence-electron chi connectivity index (χ2n) is 10.8. The average molecular weight is 578 g/mol. The van der Waals surface area contributed by atoms with Gasteiger partial charge >= 0.3 is 0 Å². The van der Waals surface area contributed by atoms with Crippen LogP contribution in [0.3, 0.4) is 0 Å². The molecule has 1 aliphatic carbocycles.